The first-order chi connectivity index (χ1) is 14.7. The zero-order chi connectivity index (χ0) is 22.5. The monoisotopic (exact) mass is 457 g/mol. The third-order valence-corrected chi connectivity index (χ3v) is 9.68. The van der Waals surface area contributed by atoms with Crippen LogP contribution in [0.3, 0.4) is 0 Å². The van der Waals surface area contributed by atoms with Crippen molar-refractivity contribution in [2.75, 3.05) is 0 Å². The summed E-state index contributed by atoms with van der Waals surface area (Å²) in [5.41, 5.74) is -0.0580. The van der Waals surface area contributed by atoms with E-state index in [0.29, 0.717) is 5.56 Å². The van der Waals surface area contributed by atoms with Gasteiger partial charge in [-0.05, 0) is 29.8 Å². The minimum Gasteiger partial charge on any atom is -0.259 e. The van der Waals surface area contributed by atoms with Gasteiger partial charge >= 0.3 is 0 Å². The average Bonchev–Trinajstić information content (AvgIpc) is 2.78. The van der Waals surface area contributed by atoms with E-state index in [2.05, 4.69) is 0 Å². The average molecular weight is 458 g/mol. The number of rotatable bonds is 8. The van der Waals surface area contributed by atoms with Gasteiger partial charge in [0, 0.05) is 6.08 Å². The molecule has 31 heavy (non-hydrogen) atoms. The van der Waals surface area contributed by atoms with E-state index in [1.54, 1.807) is 42.5 Å². The van der Waals surface area contributed by atoms with Gasteiger partial charge < -0.3 is 0 Å². The molecule has 0 saturated carbocycles. The maximum Gasteiger partial charge on any atom is 0.249 e. The summed E-state index contributed by atoms with van der Waals surface area (Å²) in [6.45, 7) is 0. The van der Waals surface area contributed by atoms with Crippen molar-refractivity contribution in [1.82, 2.24) is 0 Å². The fraction of sp³-hybridized carbons (Fsp3) is 0.0909. The molecular weight excluding hydrogens is 438 g/mol. The quantitative estimate of drug-likeness (QED) is 0.374. The summed E-state index contributed by atoms with van der Waals surface area (Å²) in [4.78, 5) is 10.5. The molecule has 0 radical (unpaired) electrons. The van der Waals surface area contributed by atoms with Crippen molar-refractivity contribution in [3.05, 3.63) is 112 Å². The number of hydrogen-bond donors (Lipinski definition) is 0. The zero-order valence-electron chi connectivity index (χ0n) is 16.2. The topological polar surface area (TPSA) is 111 Å². The summed E-state index contributed by atoms with van der Waals surface area (Å²) in [5, 5.41) is 11.7. The lowest BCUT2D eigenvalue weighted by atomic mass is 10.2. The second-order valence-corrected chi connectivity index (χ2v) is 11.2. The number of sulfone groups is 2. The lowest BCUT2D eigenvalue weighted by Gasteiger charge is -2.18. The smallest absolute Gasteiger partial charge is 0.249 e. The van der Waals surface area contributed by atoms with Gasteiger partial charge in [0.25, 0.3) is 0 Å². The normalized spacial score (nSPS) is 12.6. The Balaban J connectivity index is 2.16. The van der Waals surface area contributed by atoms with Crippen molar-refractivity contribution < 1.29 is 21.8 Å². The molecule has 0 amide bonds. The van der Waals surface area contributed by atoms with Crippen LogP contribution in [0.1, 0.15) is 12.0 Å². The number of allylic oxidation sites excluding steroid dienone is 1. The number of nitro groups is 1. The Morgan fingerprint density at radius 2 is 1.13 bits per heavy atom. The second-order valence-electron chi connectivity index (χ2n) is 6.65. The largest absolute Gasteiger partial charge is 0.259 e. The molecule has 0 aliphatic heterocycles. The first kappa shape index (κ1) is 22.4. The van der Waals surface area contributed by atoms with Crippen LogP contribution >= 0.6 is 0 Å². The van der Waals surface area contributed by atoms with Crippen molar-refractivity contribution in [2.45, 2.75) is 20.8 Å². The third-order valence-electron chi connectivity index (χ3n) is 4.58. The van der Waals surface area contributed by atoms with Crippen LogP contribution in [0, 0.1) is 10.1 Å². The van der Waals surface area contributed by atoms with Crippen molar-refractivity contribution in [3.8, 4) is 0 Å². The van der Waals surface area contributed by atoms with Crippen LogP contribution in [0.15, 0.2) is 106 Å². The van der Waals surface area contributed by atoms with Gasteiger partial charge in [-0.25, -0.2) is 16.8 Å². The van der Waals surface area contributed by atoms with Gasteiger partial charge in [0.1, 0.15) is 0 Å². The predicted octanol–water partition coefficient (Wildman–Crippen LogP) is 3.97. The lowest BCUT2D eigenvalue weighted by Crippen LogP contribution is -2.32. The Labute approximate surface area is 180 Å². The number of hydrogen-bond acceptors (Lipinski definition) is 6. The number of nitrogens with zero attached hydrogens (tertiary/aromatic N) is 1. The summed E-state index contributed by atoms with van der Waals surface area (Å²) < 4.78 is 51.3. The minimum absolute atomic E-state index is 0.220. The van der Waals surface area contributed by atoms with E-state index in [0.717, 1.165) is 0 Å². The molecule has 0 saturated heterocycles. The molecule has 3 aromatic rings. The molecule has 0 unspecified atom stereocenters. The fourth-order valence-electron chi connectivity index (χ4n) is 3.01. The van der Waals surface area contributed by atoms with Crippen molar-refractivity contribution in [2.24, 2.45) is 0 Å². The molecule has 0 aliphatic rings. The van der Waals surface area contributed by atoms with Gasteiger partial charge in [-0.3, -0.25) is 10.1 Å². The molecule has 0 aliphatic carbocycles. The summed E-state index contributed by atoms with van der Waals surface area (Å²) in [5.74, 6) is 0. The molecule has 0 N–H and O–H groups in total. The molecule has 0 atom stereocenters. The van der Waals surface area contributed by atoms with Crippen LogP contribution < -0.4 is 0 Å². The summed E-state index contributed by atoms with van der Waals surface area (Å²) in [6, 6.07) is 22.4. The highest BCUT2D eigenvalue weighted by atomic mass is 32.3. The van der Waals surface area contributed by atoms with Crippen LogP contribution in [0.4, 0.5) is 0 Å². The molecule has 160 valence electrons. The Morgan fingerprint density at radius 3 is 1.52 bits per heavy atom. The third kappa shape index (κ3) is 5.07. The van der Waals surface area contributed by atoms with Crippen LogP contribution in [0.5, 0.6) is 0 Å². The van der Waals surface area contributed by atoms with Gasteiger partial charge in [-0.1, -0.05) is 66.7 Å². The maximum absolute atomic E-state index is 13.3. The van der Waals surface area contributed by atoms with Gasteiger partial charge in [0.05, 0.1) is 21.1 Å². The highest BCUT2D eigenvalue weighted by molar-refractivity contribution is 8.09. The molecule has 3 aromatic carbocycles. The molecule has 0 bridgehead atoms. The first-order valence-corrected chi connectivity index (χ1v) is 12.3. The van der Waals surface area contributed by atoms with Crippen molar-refractivity contribution in [3.63, 3.8) is 0 Å². The minimum atomic E-state index is -4.46. The SMILES string of the molecule is O=[N+]([O-])/C(=C/c1ccccc1)CC(S(=O)(=O)c1ccccc1)S(=O)(=O)c1ccccc1. The second kappa shape index (κ2) is 9.23. The first-order valence-electron chi connectivity index (χ1n) is 9.21. The molecule has 7 nitrogen and oxygen atoms in total. The fourth-order valence-corrected chi connectivity index (χ4v) is 7.47. The highest BCUT2D eigenvalue weighted by Gasteiger charge is 2.42. The van der Waals surface area contributed by atoms with Crippen LogP contribution in [0.25, 0.3) is 6.08 Å². The van der Waals surface area contributed by atoms with E-state index in [4.69, 9.17) is 0 Å². The molecule has 0 fully saturated rings. The lowest BCUT2D eigenvalue weighted by molar-refractivity contribution is -0.425. The summed E-state index contributed by atoms with van der Waals surface area (Å²) >= 11 is 0. The van der Waals surface area contributed by atoms with Gasteiger partial charge in [0.2, 0.25) is 5.70 Å². The van der Waals surface area contributed by atoms with E-state index < -0.39 is 41.3 Å². The Bertz CT molecular complexity index is 1220. The molecular formula is C22H19NO6S2. The zero-order valence-corrected chi connectivity index (χ0v) is 17.9. The van der Waals surface area contributed by atoms with Gasteiger partial charge in [-0.2, -0.15) is 0 Å². The highest BCUT2D eigenvalue weighted by Crippen LogP contribution is 2.30. The number of benzene rings is 3. The van der Waals surface area contributed by atoms with Crippen LogP contribution in [0.2, 0.25) is 0 Å². The molecule has 9 heteroatoms. The molecule has 0 heterocycles. The van der Waals surface area contributed by atoms with E-state index in [1.165, 1.54) is 54.6 Å². The van der Waals surface area contributed by atoms with Crippen molar-refractivity contribution in [1.29, 1.82) is 0 Å². The van der Waals surface area contributed by atoms with E-state index in [9.17, 15) is 26.9 Å². The molecule has 3 rings (SSSR count). The standard InChI is InChI=1S/C22H19NO6S2/c24-23(25)19(16-18-10-4-1-5-11-18)17-22(30(26,27)20-12-6-2-7-13-20)31(28,29)21-14-8-3-9-15-21/h1-16,22H,17H2/b19-16+. The molecule has 0 aromatic heterocycles. The summed E-state index contributed by atoms with van der Waals surface area (Å²) in [6.07, 6.45) is 0.379. The van der Waals surface area contributed by atoms with Crippen LogP contribution in [-0.4, -0.2) is 26.3 Å². The maximum atomic E-state index is 13.3. The van der Waals surface area contributed by atoms with E-state index in [1.807, 2.05) is 0 Å². The van der Waals surface area contributed by atoms with E-state index >= 15 is 0 Å². The predicted molar refractivity (Wildman–Crippen MR) is 117 cm³/mol. The van der Waals surface area contributed by atoms with Crippen LogP contribution in [-0.2, 0) is 19.7 Å². The summed E-state index contributed by atoms with van der Waals surface area (Å²) in [7, 11) is -8.92. The Kier molecular flexibility index (Phi) is 6.67. The van der Waals surface area contributed by atoms with E-state index in [-0.39, 0.29) is 9.79 Å². The Hall–Kier alpha value is -3.30. The molecule has 0 spiro atoms. The Morgan fingerprint density at radius 1 is 0.742 bits per heavy atom. The van der Waals surface area contributed by atoms with Gasteiger partial charge in [0.15, 0.2) is 24.3 Å². The van der Waals surface area contributed by atoms with Gasteiger partial charge in [-0.15, -0.1) is 0 Å². The van der Waals surface area contributed by atoms with Crippen molar-refractivity contribution >= 4 is 25.8 Å².